The van der Waals surface area contributed by atoms with E-state index in [-0.39, 0.29) is 18.7 Å². The van der Waals surface area contributed by atoms with E-state index in [0.29, 0.717) is 18.9 Å². The lowest BCUT2D eigenvalue weighted by molar-refractivity contribution is 0.0387. The number of carbonyl (C=O) groups excluding carboxylic acids is 1. The first kappa shape index (κ1) is 18.1. The summed E-state index contributed by atoms with van der Waals surface area (Å²) in [7, 11) is 0. The molecule has 28 heavy (non-hydrogen) atoms. The Bertz CT molecular complexity index is 899. The standard InChI is InChI=1S/C20H22N6O2/c27-20(28-15-17-6-2-1-3-7-17)25-13-10-18(25)19-22-23-24-26(19)12-5-9-16-8-4-11-21-14-16/h1-4,6-8,11,14,18H,5,9-10,12-13,15H2. The molecule has 1 unspecified atom stereocenters. The number of benzene rings is 1. The van der Waals surface area contributed by atoms with Gasteiger partial charge in [-0.3, -0.25) is 9.88 Å². The Hall–Kier alpha value is -3.29. The number of hydrogen-bond donors (Lipinski definition) is 0. The molecule has 1 aromatic carbocycles. The van der Waals surface area contributed by atoms with Crippen molar-refractivity contribution in [3.63, 3.8) is 0 Å². The number of aryl methyl sites for hydroxylation is 2. The molecule has 8 nitrogen and oxygen atoms in total. The highest BCUT2D eigenvalue weighted by Crippen LogP contribution is 2.32. The van der Waals surface area contributed by atoms with Gasteiger partial charge in [0, 0.05) is 25.5 Å². The zero-order valence-electron chi connectivity index (χ0n) is 15.5. The van der Waals surface area contributed by atoms with Crippen LogP contribution in [-0.4, -0.2) is 42.7 Å². The molecule has 1 atom stereocenters. The molecule has 1 fully saturated rings. The number of hydrogen-bond acceptors (Lipinski definition) is 6. The molecular weight excluding hydrogens is 356 g/mol. The van der Waals surface area contributed by atoms with E-state index in [1.54, 1.807) is 15.8 Å². The van der Waals surface area contributed by atoms with Gasteiger partial charge in [0.15, 0.2) is 5.82 Å². The quantitative estimate of drug-likeness (QED) is 0.628. The summed E-state index contributed by atoms with van der Waals surface area (Å²) in [6, 6.07) is 13.5. The molecule has 0 radical (unpaired) electrons. The van der Waals surface area contributed by atoms with Crippen LogP contribution in [-0.2, 0) is 24.3 Å². The van der Waals surface area contributed by atoms with Crippen molar-refractivity contribution in [1.82, 2.24) is 30.1 Å². The lowest BCUT2D eigenvalue weighted by Crippen LogP contribution is -2.46. The number of pyridine rings is 1. The SMILES string of the molecule is O=C(OCc1ccccc1)N1CCC1c1nnnn1CCCc1cccnc1. The fourth-order valence-electron chi connectivity index (χ4n) is 3.26. The Morgan fingerprint density at radius 1 is 1.14 bits per heavy atom. The molecule has 3 aromatic rings. The van der Waals surface area contributed by atoms with Crippen molar-refractivity contribution in [2.75, 3.05) is 6.54 Å². The summed E-state index contributed by atoms with van der Waals surface area (Å²) < 4.78 is 7.23. The highest BCUT2D eigenvalue weighted by molar-refractivity contribution is 5.69. The smallest absolute Gasteiger partial charge is 0.410 e. The van der Waals surface area contributed by atoms with Crippen molar-refractivity contribution < 1.29 is 9.53 Å². The largest absolute Gasteiger partial charge is 0.445 e. The van der Waals surface area contributed by atoms with Crippen molar-refractivity contribution >= 4 is 6.09 Å². The van der Waals surface area contributed by atoms with Gasteiger partial charge in [-0.1, -0.05) is 36.4 Å². The second kappa shape index (κ2) is 8.60. The molecule has 0 spiro atoms. The molecule has 144 valence electrons. The molecule has 1 saturated heterocycles. The van der Waals surface area contributed by atoms with Gasteiger partial charge in [0.05, 0.1) is 6.04 Å². The summed E-state index contributed by atoms with van der Waals surface area (Å²) in [6.45, 7) is 1.61. The molecule has 1 aliphatic rings. The van der Waals surface area contributed by atoms with Crippen molar-refractivity contribution in [3.05, 3.63) is 71.8 Å². The van der Waals surface area contributed by atoms with Crippen LogP contribution in [0, 0.1) is 0 Å². The van der Waals surface area contributed by atoms with Crippen LogP contribution in [0.25, 0.3) is 0 Å². The van der Waals surface area contributed by atoms with Gasteiger partial charge in [0.2, 0.25) is 0 Å². The van der Waals surface area contributed by atoms with E-state index >= 15 is 0 Å². The summed E-state index contributed by atoms with van der Waals surface area (Å²) in [5, 5.41) is 12.1. The van der Waals surface area contributed by atoms with Crippen LogP contribution in [0.5, 0.6) is 0 Å². The van der Waals surface area contributed by atoms with Crippen LogP contribution in [0.4, 0.5) is 4.79 Å². The van der Waals surface area contributed by atoms with E-state index in [4.69, 9.17) is 4.74 Å². The van der Waals surface area contributed by atoms with Gasteiger partial charge in [-0.05, 0) is 46.9 Å². The third-order valence-corrected chi connectivity index (χ3v) is 4.88. The van der Waals surface area contributed by atoms with Crippen LogP contribution in [0.2, 0.25) is 0 Å². The van der Waals surface area contributed by atoms with E-state index in [9.17, 15) is 4.79 Å². The maximum Gasteiger partial charge on any atom is 0.410 e. The molecule has 1 amide bonds. The minimum Gasteiger partial charge on any atom is -0.445 e. The minimum atomic E-state index is -0.329. The van der Waals surface area contributed by atoms with Crippen molar-refractivity contribution in [3.8, 4) is 0 Å². The summed E-state index contributed by atoms with van der Waals surface area (Å²) in [6.07, 6.45) is 5.95. The Kier molecular flexibility index (Phi) is 5.56. The number of likely N-dealkylation sites (tertiary alicyclic amines) is 1. The predicted octanol–water partition coefficient (Wildman–Crippen LogP) is 2.78. The first-order valence-corrected chi connectivity index (χ1v) is 9.43. The molecule has 8 heteroatoms. The number of nitrogens with zero attached hydrogens (tertiary/aromatic N) is 6. The zero-order valence-corrected chi connectivity index (χ0v) is 15.5. The normalized spacial score (nSPS) is 15.9. The molecule has 0 bridgehead atoms. The van der Waals surface area contributed by atoms with Gasteiger partial charge >= 0.3 is 6.09 Å². The van der Waals surface area contributed by atoms with Gasteiger partial charge in [-0.25, -0.2) is 9.48 Å². The van der Waals surface area contributed by atoms with Crippen molar-refractivity contribution in [2.24, 2.45) is 0 Å². The molecule has 1 aliphatic heterocycles. The van der Waals surface area contributed by atoms with E-state index in [0.717, 1.165) is 24.8 Å². The Balaban J connectivity index is 1.32. The predicted molar refractivity (Wildman–Crippen MR) is 101 cm³/mol. The van der Waals surface area contributed by atoms with Gasteiger partial charge in [0.25, 0.3) is 0 Å². The maximum absolute atomic E-state index is 12.4. The number of tetrazole rings is 1. The number of amides is 1. The molecular formula is C20H22N6O2. The molecule has 0 saturated carbocycles. The molecule has 3 heterocycles. The number of ether oxygens (including phenoxy) is 1. The Morgan fingerprint density at radius 3 is 2.75 bits per heavy atom. The van der Waals surface area contributed by atoms with E-state index in [1.807, 2.05) is 42.6 Å². The third-order valence-electron chi connectivity index (χ3n) is 4.88. The van der Waals surface area contributed by atoms with E-state index < -0.39 is 0 Å². The van der Waals surface area contributed by atoms with Crippen LogP contribution < -0.4 is 0 Å². The topological polar surface area (TPSA) is 86.0 Å². The van der Waals surface area contributed by atoms with Crippen molar-refractivity contribution in [2.45, 2.75) is 38.5 Å². The Morgan fingerprint density at radius 2 is 2.00 bits per heavy atom. The van der Waals surface area contributed by atoms with Gasteiger partial charge in [-0.15, -0.1) is 5.10 Å². The van der Waals surface area contributed by atoms with Gasteiger partial charge in [-0.2, -0.15) is 0 Å². The van der Waals surface area contributed by atoms with Crippen molar-refractivity contribution in [1.29, 1.82) is 0 Å². The van der Waals surface area contributed by atoms with E-state index in [1.165, 1.54) is 5.56 Å². The highest BCUT2D eigenvalue weighted by Gasteiger charge is 2.38. The van der Waals surface area contributed by atoms with Gasteiger partial charge < -0.3 is 4.74 Å². The Labute approximate surface area is 163 Å². The fraction of sp³-hybridized carbons (Fsp3) is 0.350. The van der Waals surface area contributed by atoms with Crippen LogP contribution in [0.1, 0.15) is 35.8 Å². The third kappa shape index (κ3) is 4.16. The molecule has 0 aliphatic carbocycles. The van der Waals surface area contributed by atoms with Crippen LogP contribution >= 0.6 is 0 Å². The average Bonchev–Trinajstić information content (AvgIpc) is 3.15. The first-order chi connectivity index (χ1) is 13.8. The molecule has 0 N–H and O–H groups in total. The number of rotatable bonds is 7. The fourth-order valence-corrected chi connectivity index (χ4v) is 3.26. The number of aromatic nitrogens is 5. The zero-order chi connectivity index (χ0) is 19.2. The monoisotopic (exact) mass is 378 g/mol. The first-order valence-electron chi connectivity index (χ1n) is 9.43. The number of carbonyl (C=O) groups is 1. The van der Waals surface area contributed by atoms with Gasteiger partial charge in [0.1, 0.15) is 6.61 Å². The summed E-state index contributed by atoms with van der Waals surface area (Å²) in [4.78, 5) is 18.3. The minimum absolute atomic E-state index is 0.128. The average molecular weight is 378 g/mol. The highest BCUT2D eigenvalue weighted by atomic mass is 16.6. The maximum atomic E-state index is 12.4. The summed E-state index contributed by atoms with van der Waals surface area (Å²) in [5.41, 5.74) is 2.15. The van der Waals surface area contributed by atoms with Crippen LogP contribution in [0.15, 0.2) is 54.9 Å². The second-order valence-electron chi connectivity index (χ2n) is 6.76. The second-order valence-corrected chi connectivity index (χ2v) is 6.76. The summed E-state index contributed by atoms with van der Waals surface area (Å²) in [5.74, 6) is 0.717. The van der Waals surface area contributed by atoms with Crippen LogP contribution in [0.3, 0.4) is 0 Å². The lowest BCUT2D eigenvalue weighted by Gasteiger charge is -2.38. The molecule has 2 aromatic heterocycles. The van der Waals surface area contributed by atoms with E-state index in [2.05, 4.69) is 26.6 Å². The lowest BCUT2D eigenvalue weighted by atomic mass is 10.0. The summed E-state index contributed by atoms with van der Waals surface area (Å²) >= 11 is 0. The molecule has 4 rings (SSSR count).